The Balaban J connectivity index is 1.32. The molecule has 5 heteroatoms. The minimum Gasteiger partial charge on any atom is -0.462 e. The predicted octanol–water partition coefficient (Wildman–Crippen LogP) is 8.22. The van der Waals surface area contributed by atoms with Crippen LogP contribution in [0.1, 0.15) is 119 Å². The van der Waals surface area contributed by atoms with E-state index in [9.17, 15) is 14.4 Å². The first-order valence-corrected chi connectivity index (χ1v) is 17.3. The standard InChI is InChI=1S/C39H55NO4/c1-25(41)44-31-15-16-37(6)30(34(31,2)3)14-17-39(8)32(37)29(42)22-27-28-23-36(5,19-18-35(28,4)20-21-38(27,39)7)33(43)40-24-26-12-10-9-11-13-26/h9-13,22,28,30-32H,14-21,23-24H2,1-8H3,(H,40,43)/t28-,30+,31+,32+,35-,36+,37+,38-,39+/m0/s1. The van der Waals surface area contributed by atoms with Crippen LogP contribution in [0, 0.1) is 50.2 Å². The number of allylic oxidation sites excluding steroid dienone is 2. The van der Waals surface area contributed by atoms with Crippen LogP contribution in [0.3, 0.4) is 0 Å². The second-order valence-corrected chi connectivity index (χ2v) is 17.4. The fraction of sp³-hybridized carbons (Fsp3) is 0.718. The van der Waals surface area contributed by atoms with Crippen molar-refractivity contribution in [2.75, 3.05) is 0 Å². The number of fused-ring (bicyclic) bond motifs is 7. The molecule has 240 valence electrons. The predicted molar refractivity (Wildman–Crippen MR) is 173 cm³/mol. The summed E-state index contributed by atoms with van der Waals surface area (Å²) in [5, 5.41) is 3.26. The van der Waals surface area contributed by atoms with Crippen molar-refractivity contribution >= 4 is 17.7 Å². The van der Waals surface area contributed by atoms with Gasteiger partial charge < -0.3 is 10.1 Å². The Labute approximate surface area is 265 Å². The van der Waals surface area contributed by atoms with E-state index in [-0.39, 0.29) is 56.9 Å². The zero-order chi connectivity index (χ0) is 31.9. The topological polar surface area (TPSA) is 72.5 Å². The van der Waals surface area contributed by atoms with Crippen molar-refractivity contribution in [3.05, 3.63) is 47.5 Å². The van der Waals surface area contributed by atoms with Gasteiger partial charge in [0.1, 0.15) is 6.10 Å². The van der Waals surface area contributed by atoms with Gasteiger partial charge in [0.25, 0.3) is 0 Å². The number of hydrogen-bond acceptors (Lipinski definition) is 4. The van der Waals surface area contributed by atoms with Gasteiger partial charge in [0.2, 0.25) is 5.91 Å². The SMILES string of the molecule is CC(=O)O[C@@H]1CC[C@]2(C)[C@H](CC[C@]3(C)[C@@H]2C(=O)C=C2[C@@H]4C[C@](C)(C(=O)NCc5ccccc5)CC[C@@]4(C)CC[C@@]23C)C1(C)C. The molecule has 6 rings (SSSR count). The molecule has 5 nitrogen and oxygen atoms in total. The maximum absolute atomic E-state index is 14.7. The minimum absolute atomic E-state index is 0.0476. The number of amides is 1. The van der Waals surface area contributed by atoms with Crippen molar-refractivity contribution in [1.82, 2.24) is 5.32 Å². The molecule has 0 spiro atoms. The first kappa shape index (κ1) is 31.5. The lowest BCUT2D eigenvalue weighted by molar-refractivity contribution is -0.210. The van der Waals surface area contributed by atoms with Gasteiger partial charge in [0.05, 0.1) is 0 Å². The summed E-state index contributed by atoms with van der Waals surface area (Å²) < 4.78 is 5.88. The van der Waals surface area contributed by atoms with E-state index in [1.54, 1.807) is 0 Å². The number of benzene rings is 1. The van der Waals surface area contributed by atoms with E-state index in [1.807, 2.05) is 18.2 Å². The number of hydrogen-bond donors (Lipinski definition) is 1. The molecule has 0 unspecified atom stereocenters. The van der Waals surface area contributed by atoms with E-state index in [4.69, 9.17) is 4.74 Å². The Morgan fingerprint density at radius 3 is 2.25 bits per heavy atom. The van der Waals surface area contributed by atoms with Gasteiger partial charge >= 0.3 is 5.97 Å². The highest BCUT2D eigenvalue weighted by atomic mass is 16.5. The van der Waals surface area contributed by atoms with Crippen molar-refractivity contribution in [1.29, 1.82) is 0 Å². The summed E-state index contributed by atoms with van der Waals surface area (Å²) in [5.74, 6) is 0.731. The summed E-state index contributed by atoms with van der Waals surface area (Å²) in [6, 6.07) is 10.1. The molecule has 1 N–H and O–H groups in total. The molecule has 0 aliphatic heterocycles. The van der Waals surface area contributed by atoms with Gasteiger partial charge in [-0.25, -0.2) is 0 Å². The van der Waals surface area contributed by atoms with Crippen LogP contribution in [0.5, 0.6) is 0 Å². The Bertz CT molecular complexity index is 1380. The fourth-order valence-corrected chi connectivity index (χ4v) is 11.8. The van der Waals surface area contributed by atoms with Gasteiger partial charge in [-0.15, -0.1) is 0 Å². The molecule has 0 bridgehead atoms. The van der Waals surface area contributed by atoms with E-state index >= 15 is 0 Å². The van der Waals surface area contributed by atoms with Gasteiger partial charge in [0, 0.05) is 30.2 Å². The molecule has 4 saturated carbocycles. The molecule has 1 aromatic rings. The summed E-state index contributed by atoms with van der Waals surface area (Å²) in [7, 11) is 0. The molecule has 9 atom stereocenters. The molecule has 4 fully saturated rings. The molecular formula is C39H55NO4. The summed E-state index contributed by atoms with van der Waals surface area (Å²) in [4.78, 5) is 40.4. The zero-order valence-electron chi connectivity index (χ0n) is 28.5. The Morgan fingerprint density at radius 2 is 1.57 bits per heavy atom. The number of ketones is 1. The van der Waals surface area contributed by atoms with Gasteiger partial charge in [-0.05, 0) is 103 Å². The van der Waals surface area contributed by atoms with E-state index < -0.39 is 5.41 Å². The molecule has 0 aromatic heterocycles. The van der Waals surface area contributed by atoms with Crippen molar-refractivity contribution in [3.63, 3.8) is 0 Å². The third-order valence-corrected chi connectivity index (χ3v) is 14.7. The highest BCUT2D eigenvalue weighted by Crippen LogP contribution is 2.75. The van der Waals surface area contributed by atoms with Gasteiger partial charge in [-0.1, -0.05) is 84.4 Å². The van der Waals surface area contributed by atoms with Crippen LogP contribution in [0.2, 0.25) is 0 Å². The molecular weight excluding hydrogens is 546 g/mol. The molecule has 5 aliphatic carbocycles. The maximum atomic E-state index is 14.7. The molecule has 0 saturated heterocycles. The summed E-state index contributed by atoms with van der Waals surface area (Å²) >= 11 is 0. The van der Waals surface area contributed by atoms with Crippen LogP contribution in [0.4, 0.5) is 0 Å². The quantitative estimate of drug-likeness (QED) is 0.353. The van der Waals surface area contributed by atoms with E-state index in [0.717, 1.165) is 63.4 Å². The average Bonchev–Trinajstić information content (AvgIpc) is 2.95. The minimum atomic E-state index is -0.457. The molecule has 0 heterocycles. The molecule has 1 aromatic carbocycles. The van der Waals surface area contributed by atoms with Crippen molar-refractivity contribution in [3.8, 4) is 0 Å². The van der Waals surface area contributed by atoms with Crippen molar-refractivity contribution < 1.29 is 19.1 Å². The molecule has 0 radical (unpaired) electrons. The van der Waals surface area contributed by atoms with E-state index in [1.165, 1.54) is 12.5 Å². The molecule has 5 aliphatic rings. The molecule has 44 heavy (non-hydrogen) atoms. The van der Waals surface area contributed by atoms with Crippen LogP contribution in [0.15, 0.2) is 42.0 Å². The number of ether oxygens (including phenoxy) is 1. The van der Waals surface area contributed by atoms with Crippen molar-refractivity contribution in [2.45, 2.75) is 126 Å². The van der Waals surface area contributed by atoms with Crippen LogP contribution < -0.4 is 5.32 Å². The number of nitrogens with one attached hydrogen (secondary N) is 1. The largest absolute Gasteiger partial charge is 0.462 e. The lowest BCUT2D eigenvalue weighted by Crippen LogP contribution is -2.66. The van der Waals surface area contributed by atoms with Gasteiger partial charge in [-0.3, -0.25) is 14.4 Å². The molecule has 1 amide bonds. The number of carbonyl (C=O) groups is 3. The Kier molecular flexibility index (Phi) is 7.38. The number of esters is 1. The Hall–Kier alpha value is -2.43. The van der Waals surface area contributed by atoms with Crippen LogP contribution in [0.25, 0.3) is 0 Å². The first-order chi connectivity index (χ1) is 20.5. The fourth-order valence-electron chi connectivity index (χ4n) is 11.8. The van der Waals surface area contributed by atoms with Crippen molar-refractivity contribution in [2.24, 2.45) is 50.2 Å². The third-order valence-electron chi connectivity index (χ3n) is 14.7. The van der Waals surface area contributed by atoms with Gasteiger partial charge in [-0.2, -0.15) is 0 Å². The lowest BCUT2D eigenvalue weighted by atomic mass is 9.33. The highest BCUT2D eigenvalue weighted by Gasteiger charge is 2.70. The number of carbonyl (C=O) groups excluding carboxylic acids is 3. The summed E-state index contributed by atoms with van der Waals surface area (Å²) in [5.41, 5.74) is 1.55. The average molecular weight is 602 g/mol. The second kappa shape index (κ2) is 10.3. The van der Waals surface area contributed by atoms with Gasteiger partial charge in [0.15, 0.2) is 5.78 Å². The normalized spacial score (nSPS) is 44.2. The summed E-state index contributed by atoms with van der Waals surface area (Å²) in [6.07, 6.45) is 10.7. The monoisotopic (exact) mass is 601 g/mol. The third kappa shape index (κ3) is 4.48. The Morgan fingerprint density at radius 1 is 0.886 bits per heavy atom. The smallest absolute Gasteiger partial charge is 0.302 e. The lowest BCUT2D eigenvalue weighted by Gasteiger charge is -2.70. The van der Waals surface area contributed by atoms with Crippen LogP contribution in [-0.2, 0) is 25.7 Å². The zero-order valence-corrected chi connectivity index (χ0v) is 28.5. The van der Waals surface area contributed by atoms with Crippen LogP contribution >= 0.6 is 0 Å². The maximum Gasteiger partial charge on any atom is 0.302 e. The van der Waals surface area contributed by atoms with E-state index in [2.05, 4.69) is 72.0 Å². The summed E-state index contributed by atoms with van der Waals surface area (Å²) in [6.45, 7) is 18.5. The number of rotatable bonds is 4. The van der Waals surface area contributed by atoms with Crippen LogP contribution in [-0.4, -0.2) is 23.8 Å². The van der Waals surface area contributed by atoms with E-state index in [0.29, 0.717) is 18.2 Å². The first-order valence-electron chi connectivity index (χ1n) is 17.3. The second-order valence-electron chi connectivity index (χ2n) is 17.4. The highest BCUT2D eigenvalue weighted by molar-refractivity contribution is 5.95.